The fraction of sp³-hybridized carbons (Fsp3) is 0.400. The summed E-state index contributed by atoms with van der Waals surface area (Å²) in [4.78, 5) is 13.9. The Bertz CT molecular complexity index is 283. The van der Waals surface area contributed by atoms with Crippen molar-refractivity contribution in [3.8, 4) is 0 Å². The van der Waals surface area contributed by atoms with Crippen LogP contribution < -0.4 is 0 Å². The van der Waals surface area contributed by atoms with Crippen molar-refractivity contribution in [1.29, 1.82) is 0 Å². The summed E-state index contributed by atoms with van der Waals surface area (Å²) in [5.74, 6) is -0.466. The first-order valence-electron chi connectivity index (χ1n) is 2.88. The third-order valence-electron chi connectivity index (χ3n) is 1.12. The van der Waals surface area contributed by atoms with E-state index in [1.54, 1.807) is 6.92 Å². The quantitative estimate of drug-likeness (QED) is 0.703. The molecule has 11 heavy (non-hydrogen) atoms. The number of carboxylic acids is 1. The van der Waals surface area contributed by atoms with Gasteiger partial charge in [0.15, 0.2) is 0 Å². The molecule has 1 heterocycles. The lowest BCUT2D eigenvalue weighted by molar-refractivity contribution is -0.137. The molecule has 0 fully saturated rings. The van der Waals surface area contributed by atoms with Gasteiger partial charge in [0.05, 0.1) is 0 Å². The minimum Gasteiger partial charge on any atom is -0.480 e. The van der Waals surface area contributed by atoms with E-state index in [-0.39, 0.29) is 11.8 Å². The molecular weight excluding hydrogens is 170 g/mol. The first-order valence-corrected chi connectivity index (χ1v) is 3.26. The van der Waals surface area contributed by atoms with E-state index in [1.165, 1.54) is 4.68 Å². The van der Waals surface area contributed by atoms with E-state index in [1.807, 2.05) is 0 Å². The molecule has 60 valence electrons. The second-order valence-electron chi connectivity index (χ2n) is 1.98. The van der Waals surface area contributed by atoms with Gasteiger partial charge in [-0.25, -0.2) is 9.67 Å². The molecule has 0 unspecified atom stereocenters. The largest absolute Gasteiger partial charge is 0.480 e. The molecule has 1 aromatic rings. The van der Waals surface area contributed by atoms with Gasteiger partial charge in [0.25, 0.3) is 0 Å². The van der Waals surface area contributed by atoms with Gasteiger partial charge in [-0.3, -0.25) is 4.79 Å². The van der Waals surface area contributed by atoms with E-state index in [4.69, 9.17) is 16.7 Å². The molecule has 5 nitrogen and oxygen atoms in total. The number of hydrogen-bond donors (Lipinski definition) is 1. The fourth-order valence-electron chi connectivity index (χ4n) is 0.663. The summed E-state index contributed by atoms with van der Waals surface area (Å²) in [5, 5.41) is 12.1. The van der Waals surface area contributed by atoms with E-state index < -0.39 is 5.97 Å². The van der Waals surface area contributed by atoms with Crippen LogP contribution in [0.3, 0.4) is 0 Å². The molecular formula is C5H6ClN3O2. The van der Waals surface area contributed by atoms with E-state index >= 15 is 0 Å². The Kier molecular flexibility index (Phi) is 2.09. The predicted octanol–water partition coefficient (Wildman–Crippen LogP) is 0.325. The zero-order valence-corrected chi connectivity index (χ0v) is 6.54. The number of halogens is 1. The van der Waals surface area contributed by atoms with Crippen LogP contribution >= 0.6 is 11.6 Å². The second kappa shape index (κ2) is 2.87. The summed E-state index contributed by atoms with van der Waals surface area (Å²) in [7, 11) is 0. The number of aliphatic carboxylic acids is 1. The molecule has 0 atom stereocenters. The molecule has 0 spiro atoms. The summed E-state index contributed by atoms with van der Waals surface area (Å²) in [6.07, 6.45) is 0. The molecule has 0 aliphatic carbocycles. The summed E-state index contributed by atoms with van der Waals surface area (Å²) in [6.45, 7) is 1.44. The number of hydrogen-bond acceptors (Lipinski definition) is 3. The monoisotopic (exact) mass is 175 g/mol. The first-order chi connectivity index (χ1) is 5.09. The minimum atomic E-state index is -0.963. The highest BCUT2D eigenvalue weighted by atomic mass is 35.5. The SMILES string of the molecule is Cc1nc(Cl)nn1CC(=O)O. The average Bonchev–Trinajstić information content (AvgIpc) is 2.09. The van der Waals surface area contributed by atoms with E-state index in [0.29, 0.717) is 5.82 Å². The topological polar surface area (TPSA) is 68.0 Å². The van der Waals surface area contributed by atoms with Crippen molar-refractivity contribution in [1.82, 2.24) is 14.8 Å². The third kappa shape index (κ3) is 1.91. The summed E-state index contributed by atoms with van der Waals surface area (Å²) < 4.78 is 1.23. The molecule has 0 aromatic carbocycles. The molecule has 0 saturated heterocycles. The molecule has 0 radical (unpaired) electrons. The second-order valence-corrected chi connectivity index (χ2v) is 2.32. The lowest BCUT2D eigenvalue weighted by atomic mass is 10.6. The van der Waals surface area contributed by atoms with Gasteiger partial charge in [-0.15, -0.1) is 5.10 Å². The van der Waals surface area contributed by atoms with E-state index in [0.717, 1.165) is 0 Å². The lowest BCUT2D eigenvalue weighted by Gasteiger charge is -1.95. The van der Waals surface area contributed by atoms with Gasteiger partial charge >= 0.3 is 5.97 Å². The van der Waals surface area contributed by atoms with E-state index in [9.17, 15) is 4.79 Å². The Balaban J connectivity index is 2.85. The van der Waals surface area contributed by atoms with Gasteiger partial charge in [0.2, 0.25) is 5.28 Å². The molecule has 1 aromatic heterocycles. The number of aryl methyl sites for hydroxylation is 1. The van der Waals surface area contributed by atoms with Gasteiger partial charge in [0.1, 0.15) is 12.4 Å². The van der Waals surface area contributed by atoms with Crippen LogP contribution in [0.2, 0.25) is 5.28 Å². The van der Waals surface area contributed by atoms with Crippen LogP contribution in [-0.4, -0.2) is 25.8 Å². The zero-order chi connectivity index (χ0) is 8.43. The standard InChI is InChI=1S/C5H6ClN3O2/c1-3-7-5(6)8-9(3)2-4(10)11/h2H2,1H3,(H,10,11). The summed E-state index contributed by atoms with van der Waals surface area (Å²) in [6, 6.07) is 0. The maximum absolute atomic E-state index is 10.2. The smallest absolute Gasteiger partial charge is 0.325 e. The maximum atomic E-state index is 10.2. The van der Waals surface area contributed by atoms with Gasteiger partial charge in [-0.1, -0.05) is 0 Å². The van der Waals surface area contributed by atoms with Crippen molar-refractivity contribution < 1.29 is 9.90 Å². The van der Waals surface area contributed by atoms with Crippen molar-refractivity contribution in [2.24, 2.45) is 0 Å². The van der Waals surface area contributed by atoms with Crippen molar-refractivity contribution >= 4 is 17.6 Å². The molecule has 0 aliphatic heterocycles. The predicted molar refractivity (Wildman–Crippen MR) is 37.4 cm³/mol. The van der Waals surface area contributed by atoms with Crippen LogP contribution in [0, 0.1) is 6.92 Å². The Hall–Kier alpha value is -1.10. The number of carboxylic acid groups (broad SMARTS) is 1. The maximum Gasteiger partial charge on any atom is 0.325 e. The average molecular weight is 176 g/mol. The first kappa shape index (κ1) is 8.00. The van der Waals surface area contributed by atoms with E-state index in [2.05, 4.69) is 10.1 Å². The normalized spacial score (nSPS) is 10.0. The molecule has 0 amide bonds. The van der Waals surface area contributed by atoms with Crippen molar-refractivity contribution in [2.75, 3.05) is 0 Å². The Morgan fingerprint density at radius 1 is 1.82 bits per heavy atom. The van der Waals surface area contributed by atoms with Crippen molar-refractivity contribution in [2.45, 2.75) is 13.5 Å². The number of rotatable bonds is 2. The number of nitrogens with zero attached hydrogens (tertiary/aromatic N) is 3. The molecule has 0 aliphatic rings. The highest BCUT2D eigenvalue weighted by molar-refractivity contribution is 6.28. The van der Waals surface area contributed by atoms with Crippen LogP contribution in [0.1, 0.15) is 5.82 Å². The van der Waals surface area contributed by atoms with Crippen LogP contribution in [0.25, 0.3) is 0 Å². The molecule has 1 N–H and O–H groups in total. The molecule has 6 heteroatoms. The highest BCUT2D eigenvalue weighted by Gasteiger charge is 2.06. The van der Waals surface area contributed by atoms with Crippen LogP contribution in [0.5, 0.6) is 0 Å². The third-order valence-corrected chi connectivity index (χ3v) is 1.28. The number of carbonyl (C=O) groups is 1. The van der Waals surface area contributed by atoms with Gasteiger partial charge in [-0.2, -0.15) is 0 Å². The van der Waals surface area contributed by atoms with Crippen molar-refractivity contribution in [3.63, 3.8) is 0 Å². The minimum absolute atomic E-state index is 0.0729. The summed E-state index contributed by atoms with van der Waals surface area (Å²) >= 11 is 5.41. The van der Waals surface area contributed by atoms with Crippen LogP contribution in [-0.2, 0) is 11.3 Å². The Labute approximate surface area is 67.6 Å². The highest BCUT2D eigenvalue weighted by Crippen LogP contribution is 2.01. The fourth-order valence-corrected chi connectivity index (χ4v) is 0.877. The zero-order valence-electron chi connectivity index (χ0n) is 5.78. The molecule has 0 saturated carbocycles. The van der Waals surface area contributed by atoms with Gasteiger partial charge in [0, 0.05) is 0 Å². The number of aromatic nitrogens is 3. The van der Waals surface area contributed by atoms with Gasteiger partial charge < -0.3 is 5.11 Å². The Morgan fingerprint density at radius 2 is 2.45 bits per heavy atom. The van der Waals surface area contributed by atoms with Crippen molar-refractivity contribution in [3.05, 3.63) is 11.1 Å². The van der Waals surface area contributed by atoms with Crippen LogP contribution in [0.15, 0.2) is 0 Å². The summed E-state index contributed by atoms with van der Waals surface area (Å²) in [5.41, 5.74) is 0. The van der Waals surface area contributed by atoms with Crippen LogP contribution in [0.4, 0.5) is 0 Å². The molecule has 1 rings (SSSR count). The van der Waals surface area contributed by atoms with Gasteiger partial charge in [-0.05, 0) is 18.5 Å². The Morgan fingerprint density at radius 3 is 2.82 bits per heavy atom. The lowest BCUT2D eigenvalue weighted by Crippen LogP contribution is -2.11. The molecule has 0 bridgehead atoms.